The molecule has 0 aromatic heterocycles. The Morgan fingerprint density at radius 2 is 0.466 bits per heavy atom. The van der Waals surface area contributed by atoms with Gasteiger partial charge in [-0.1, -0.05) is 383 Å². The Bertz CT molecular complexity index is 2010. The van der Waals surface area contributed by atoms with Crippen molar-refractivity contribution in [1.29, 1.82) is 0 Å². The summed E-state index contributed by atoms with van der Waals surface area (Å²) in [7, 11) is -9.93. The van der Waals surface area contributed by atoms with Crippen molar-refractivity contribution >= 4 is 39.5 Å². The molecule has 0 heterocycles. The summed E-state index contributed by atoms with van der Waals surface area (Å²) in [6.07, 6.45) is 61.0. The van der Waals surface area contributed by atoms with Gasteiger partial charge in [-0.15, -0.1) is 0 Å². The first-order valence-electron chi connectivity index (χ1n) is 43.2. The lowest BCUT2D eigenvalue weighted by Crippen LogP contribution is -2.30. The lowest BCUT2D eigenvalue weighted by atomic mass is 9.99. The van der Waals surface area contributed by atoms with Gasteiger partial charge in [-0.3, -0.25) is 37.3 Å². The van der Waals surface area contributed by atoms with E-state index in [1.54, 1.807) is 0 Å². The zero-order valence-electron chi connectivity index (χ0n) is 68.0. The van der Waals surface area contributed by atoms with Gasteiger partial charge in [0.2, 0.25) is 0 Å². The van der Waals surface area contributed by atoms with Gasteiger partial charge in [0.1, 0.15) is 19.3 Å². The van der Waals surface area contributed by atoms with Crippen molar-refractivity contribution in [2.45, 2.75) is 453 Å². The molecule has 0 amide bonds. The van der Waals surface area contributed by atoms with Crippen LogP contribution in [0, 0.1) is 23.7 Å². The SMILES string of the molecule is CCC(C)CCCCCCCCCCCCCCCCC(=O)OC[C@H](COP(=O)(O)OC[C@@H](O)COP(=O)(O)OC[C@@H](COC(=O)CCCCCCCCCCCC(C)C)OC(=O)CCCCCCCCCCCCCC(C)C)OC(=O)CCCCCCCCCCCCCCCCCCC(C)C. The summed E-state index contributed by atoms with van der Waals surface area (Å²) in [5, 5.41) is 10.7. The Morgan fingerprint density at radius 3 is 0.689 bits per heavy atom. The number of rotatable bonds is 81. The summed E-state index contributed by atoms with van der Waals surface area (Å²) in [6, 6.07) is 0. The van der Waals surface area contributed by atoms with Crippen LogP contribution in [0.5, 0.6) is 0 Å². The van der Waals surface area contributed by atoms with E-state index in [0.29, 0.717) is 25.7 Å². The maximum absolute atomic E-state index is 13.1. The van der Waals surface area contributed by atoms with Crippen LogP contribution in [0.3, 0.4) is 0 Å². The molecule has 0 bridgehead atoms. The van der Waals surface area contributed by atoms with E-state index < -0.39 is 97.5 Å². The van der Waals surface area contributed by atoms with E-state index in [1.165, 1.54) is 238 Å². The van der Waals surface area contributed by atoms with Crippen LogP contribution < -0.4 is 0 Å². The number of phosphoric acid groups is 2. The fraction of sp³-hybridized carbons (Fsp3) is 0.952. The Hall–Kier alpha value is -1.94. The molecule has 0 aliphatic rings. The molecule has 0 aliphatic carbocycles. The van der Waals surface area contributed by atoms with Crippen LogP contribution in [0.25, 0.3) is 0 Å². The van der Waals surface area contributed by atoms with Crippen molar-refractivity contribution < 1.29 is 80.2 Å². The van der Waals surface area contributed by atoms with E-state index in [-0.39, 0.29) is 25.7 Å². The van der Waals surface area contributed by atoms with Crippen LogP contribution >= 0.6 is 15.6 Å². The highest BCUT2D eigenvalue weighted by atomic mass is 31.2. The lowest BCUT2D eigenvalue weighted by molar-refractivity contribution is -0.161. The molecular weight excluding hydrogens is 1340 g/mol. The normalized spacial score (nSPS) is 14.2. The third kappa shape index (κ3) is 76.6. The number of esters is 4. The summed E-state index contributed by atoms with van der Waals surface area (Å²) in [5.41, 5.74) is 0. The van der Waals surface area contributed by atoms with Crippen LogP contribution in [0.15, 0.2) is 0 Å². The second-order valence-electron chi connectivity index (χ2n) is 31.9. The van der Waals surface area contributed by atoms with Gasteiger partial charge in [0.05, 0.1) is 26.4 Å². The van der Waals surface area contributed by atoms with E-state index in [9.17, 15) is 43.2 Å². The molecule has 3 N–H and O–H groups in total. The Balaban J connectivity index is 5.26. The number of ether oxygens (including phenoxy) is 4. The average Bonchev–Trinajstić information content (AvgIpc) is 0.909. The molecule has 0 radical (unpaired) electrons. The van der Waals surface area contributed by atoms with E-state index in [1.807, 2.05) is 0 Å². The first-order chi connectivity index (χ1) is 49.6. The highest BCUT2D eigenvalue weighted by Crippen LogP contribution is 2.45. The molecule has 103 heavy (non-hydrogen) atoms. The highest BCUT2D eigenvalue weighted by molar-refractivity contribution is 7.47. The summed E-state index contributed by atoms with van der Waals surface area (Å²) < 4.78 is 68.8. The van der Waals surface area contributed by atoms with Gasteiger partial charge >= 0.3 is 39.5 Å². The van der Waals surface area contributed by atoms with Crippen LogP contribution in [0.1, 0.15) is 434 Å². The molecule has 6 atom stereocenters. The van der Waals surface area contributed by atoms with E-state index >= 15 is 0 Å². The number of aliphatic hydroxyl groups excluding tert-OH is 1. The number of unbranched alkanes of at least 4 members (excludes halogenated alkanes) is 46. The summed E-state index contributed by atoms with van der Waals surface area (Å²) in [4.78, 5) is 73.2. The zero-order chi connectivity index (χ0) is 76.0. The fourth-order valence-electron chi connectivity index (χ4n) is 12.9. The standard InChI is InChI=1S/C84H164O17P2/c1-9-77(8)63-55-47-39-31-23-17-14-15-18-24-32-40-48-56-64-81(86)94-70-79(100-83(88)66-58-50-42-33-25-19-13-11-10-12-16-21-28-36-44-52-60-74(2)3)72-98-102(90,91)96-68-78(85)69-97-103(92,93)99-73-80(71-95-82(87)65-57-49-41-35-27-30-38-46-54-62-76(6)7)101-84(89)67-59-51-43-34-26-20-22-29-37-45-53-61-75(4)5/h74-80,85H,9-73H2,1-8H3,(H,90,91)(H,92,93)/t77?,78-,79-,80-/m1/s1. The number of hydrogen-bond donors (Lipinski definition) is 3. The molecule has 0 aromatic carbocycles. The van der Waals surface area contributed by atoms with Gasteiger partial charge in [0, 0.05) is 25.7 Å². The second-order valence-corrected chi connectivity index (χ2v) is 34.8. The number of aliphatic hydroxyl groups is 1. The molecule has 0 rings (SSSR count). The average molecular weight is 1510 g/mol. The monoisotopic (exact) mass is 1510 g/mol. The maximum Gasteiger partial charge on any atom is 0.472 e. The van der Waals surface area contributed by atoms with Gasteiger partial charge < -0.3 is 33.8 Å². The van der Waals surface area contributed by atoms with Gasteiger partial charge in [-0.2, -0.15) is 0 Å². The minimum absolute atomic E-state index is 0.106. The van der Waals surface area contributed by atoms with Crippen molar-refractivity contribution in [2.24, 2.45) is 23.7 Å². The topological polar surface area (TPSA) is 237 Å². The minimum Gasteiger partial charge on any atom is -0.462 e. The zero-order valence-corrected chi connectivity index (χ0v) is 69.7. The summed E-state index contributed by atoms with van der Waals surface area (Å²) in [5.74, 6) is 1.06. The van der Waals surface area contributed by atoms with Crippen molar-refractivity contribution in [2.75, 3.05) is 39.6 Å². The largest absolute Gasteiger partial charge is 0.472 e. The van der Waals surface area contributed by atoms with E-state index in [4.69, 9.17) is 37.0 Å². The number of hydrogen-bond acceptors (Lipinski definition) is 15. The number of carbonyl (C=O) groups excluding carboxylic acids is 4. The first kappa shape index (κ1) is 101. The molecule has 3 unspecified atom stereocenters. The maximum atomic E-state index is 13.1. The van der Waals surface area contributed by atoms with Crippen molar-refractivity contribution in [3.8, 4) is 0 Å². The molecule has 17 nitrogen and oxygen atoms in total. The van der Waals surface area contributed by atoms with Gasteiger partial charge in [0.25, 0.3) is 0 Å². The fourth-order valence-corrected chi connectivity index (χ4v) is 14.5. The molecule has 0 saturated carbocycles. The van der Waals surface area contributed by atoms with Crippen molar-refractivity contribution in [3.05, 3.63) is 0 Å². The third-order valence-electron chi connectivity index (χ3n) is 19.9. The quantitative estimate of drug-likeness (QED) is 0.0222. The Labute approximate surface area is 632 Å². The highest BCUT2D eigenvalue weighted by Gasteiger charge is 2.30. The Kier molecular flexibility index (Phi) is 71.5. The number of phosphoric ester groups is 2. The van der Waals surface area contributed by atoms with Crippen LogP contribution in [0.2, 0.25) is 0 Å². The van der Waals surface area contributed by atoms with E-state index in [0.717, 1.165) is 114 Å². The summed E-state index contributed by atoms with van der Waals surface area (Å²) >= 11 is 0. The van der Waals surface area contributed by atoms with Gasteiger partial charge in [0.15, 0.2) is 12.2 Å². The molecule has 0 spiro atoms. The molecule has 0 fully saturated rings. The molecular formula is C84H164O17P2. The molecule has 612 valence electrons. The predicted molar refractivity (Wildman–Crippen MR) is 423 cm³/mol. The third-order valence-corrected chi connectivity index (χ3v) is 21.8. The molecule has 0 aromatic rings. The van der Waals surface area contributed by atoms with Crippen LogP contribution in [-0.2, 0) is 65.4 Å². The van der Waals surface area contributed by atoms with Crippen LogP contribution in [-0.4, -0.2) is 96.7 Å². The van der Waals surface area contributed by atoms with Gasteiger partial charge in [-0.25, -0.2) is 9.13 Å². The van der Waals surface area contributed by atoms with Crippen LogP contribution in [0.4, 0.5) is 0 Å². The smallest absolute Gasteiger partial charge is 0.462 e. The Morgan fingerprint density at radius 1 is 0.272 bits per heavy atom. The molecule has 0 saturated heterocycles. The number of carbonyl (C=O) groups is 4. The predicted octanol–water partition coefficient (Wildman–Crippen LogP) is 25.2. The minimum atomic E-state index is -4.97. The van der Waals surface area contributed by atoms with Gasteiger partial charge in [-0.05, 0) is 49.4 Å². The second kappa shape index (κ2) is 72.9. The molecule has 19 heteroatoms. The molecule has 0 aliphatic heterocycles. The van der Waals surface area contributed by atoms with Crippen molar-refractivity contribution in [3.63, 3.8) is 0 Å². The van der Waals surface area contributed by atoms with E-state index in [2.05, 4.69) is 55.4 Å². The van der Waals surface area contributed by atoms with Crippen molar-refractivity contribution in [1.82, 2.24) is 0 Å². The first-order valence-corrected chi connectivity index (χ1v) is 46.2. The summed E-state index contributed by atoms with van der Waals surface area (Å²) in [6.45, 7) is 14.3. The lowest BCUT2D eigenvalue weighted by Gasteiger charge is -2.21.